The number of hydrogen-bond acceptors (Lipinski definition) is 6. The lowest BCUT2D eigenvalue weighted by Gasteiger charge is -2.20. The quantitative estimate of drug-likeness (QED) is 0.513. The topological polar surface area (TPSA) is 58.1 Å². The molecule has 0 atom stereocenters. The number of thioether (sulfide) groups is 1. The summed E-state index contributed by atoms with van der Waals surface area (Å²) in [4.78, 5) is 27.8. The Bertz CT molecular complexity index is 1090. The van der Waals surface area contributed by atoms with Gasteiger partial charge in [0.15, 0.2) is 0 Å². The van der Waals surface area contributed by atoms with Gasteiger partial charge in [-0.3, -0.25) is 4.79 Å². The van der Waals surface area contributed by atoms with Crippen LogP contribution in [0, 0.1) is 0 Å². The van der Waals surface area contributed by atoms with Crippen LogP contribution in [-0.4, -0.2) is 35.5 Å². The largest absolute Gasteiger partial charge is 0.352 e. The molecule has 0 radical (unpaired) electrons. The van der Waals surface area contributed by atoms with Gasteiger partial charge in [-0.15, -0.1) is 23.1 Å². The highest BCUT2D eigenvalue weighted by atomic mass is 35.5. The van der Waals surface area contributed by atoms with E-state index in [1.165, 1.54) is 16.9 Å². The second-order valence-electron chi connectivity index (χ2n) is 7.94. The van der Waals surface area contributed by atoms with Gasteiger partial charge in [-0.2, -0.15) is 0 Å². The van der Waals surface area contributed by atoms with Gasteiger partial charge in [0, 0.05) is 27.9 Å². The Balaban J connectivity index is 1.43. The first-order valence-electron chi connectivity index (χ1n) is 10.3. The molecule has 5 rings (SSSR count). The Morgan fingerprint density at radius 1 is 1.27 bits per heavy atom. The molecule has 3 aromatic rings. The Labute approximate surface area is 189 Å². The zero-order valence-electron chi connectivity index (χ0n) is 16.8. The number of anilines is 1. The Kier molecular flexibility index (Phi) is 5.60. The van der Waals surface area contributed by atoms with E-state index in [1.807, 2.05) is 36.2 Å². The number of thiophene rings is 1. The summed E-state index contributed by atoms with van der Waals surface area (Å²) in [7, 11) is 1.96. The van der Waals surface area contributed by atoms with E-state index in [0.717, 1.165) is 57.5 Å². The highest BCUT2D eigenvalue weighted by Gasteiger charge is 2.26. The lowest BCUT2D eigenvalue weighted by atomic mass is 10.2. The van der Waals surface area contributed by atoms with Crippen molar-refractivity contribution in [2.45, 2.75) is 48.8 Å². The summed E-state index contributed by atoms with van der Waals surface area (Å²) in [6, 6.07) is 8.19. The van der Waals surface area contributed by atoms with Crippen molar-refractivity contribution in [1.82, 2.24) is 15.3 Å². The lowest BCUT2D eigenvalue weighted by Crippen LogP contribution is -2.36. The van der Waals surface area contributed by atoms with E-state index in [0.29, 0.717) is 18.3 Å². The number of amides is 1. The fraction of sp³-hybridized carbons (Fsp3) is 0.409. The van der Waals surface area contributed by atoms with Gasteiger partial charge in [-0.1, -0.05) is 11.6 Å². The average molecular weight is 459 g/mol. The smallest absolute Gasteiger partial charge is 0.239 e. The van der Waals surface area contributed by atoms with Crippen LogP contribution >= 0.6 is 34.7 Å². The molecule has 8 heteroatoms. The summed E-state index contributed by atoms with van der Waals surface area (Å²) in [5.41, 5.74) is 1.39. The number of nitrogens with one attached hydrogen (secondary N) is 1. The number of rotatable bonds is 7. The minimum atomic E-state index is 0.0655. The van der Waals surface area contributed by atoms with Crippen LogP contribution in [0.3, 0.4) is 0 Å². The molecule has 30 heavy (non-hydrogen) atoms. The Morgan fingerprint density at radius 3 is 2.83 bits per heavy atom. The van der Waals surface area contributed by atoms with Crippen LogP contribution in [0.15, 0.2) is 29.2 Å². The van der Waals surface area contributed by atoms with Crippen LogP contribution in [0.5, 0.6) is 0 Å². The zero-order valence-corrected chi connectivity index (χ0v) is 19.2. The number of carbonyl (C=O) groups excluding carboxylic acids is 1. The fourth-order valence-electron chi connectivity index (χ4n) is 3.83. The third-order valence-corrected chi connectivity index (χ3v) is 7.90. The molecule has 5 nitrogen and oxygen atoms in total. The Hall–Kier alpha value is -1.83. The maximum absolute atomic E-state index is 12.4. The minimum absolute atomic E-state index is 0.0655. The zero-order chi connectivity index (χ0) is 20.7. The standard InChI is InChI=1S/C22H23ClN4OS2/c1-27(11-19(28)24-14-7-8-14)21-20-16-3-2-4-17(16)30-22(20)26-18(25-21)12-29-15-9-5-13(23)6-10-15/h5-6,9-10,14H,2-4,7-8,11-12H2,1H3,(H,24,28). The lowest BCUT2D eigenvalue weighted by molar-refractivity contribution is -0.119. The van der Waals surface area contributed by atoms with Crippen LogP contribution < -0.4 is 10.2 Å². The number of nitrogens with zero attached hydrogens (tertiary/aromatic N) is 3. The van der Waals surface area contributed by atoms with E-state index in [1.54, 1.807) is 23.1 Å². The number of hydrogen-bond donors (Lipinski definition) is 1. The number of likely N-dealkylation sites (N-methyl/N-ethyl adjacent to an activating group) is 1. The van der Waals surface area contributed by atoms with Crippen molar-refractivity contribution in [3.8, 4) is 0 Å². The molecule has 156 valence electrons. The molecular weight excluding hydrogens is 436 g/mol. The SMILES string of the molecule is CN(CC(=O)NC1CC1)c1nc(CSc2ccc(Cl)cc2)nc2sc3c(c12)CCC3. The molecule has 1 fully saturated rings. The minimum Gasteiger partial charge on any atom is -0.352 e. The first-order valence-corrected chi connectivity index (χ1v) is 12.4. The van der Waals surface area contributed by atoms with E-state index in [2.05, 4.69) is 5.32 Å². The van der Waals surface area contributed by atoms with Gasteiger partial charge in [0.05, 0.1) is 17.7 Å². The van der Waals surface area contributed by atoms with Crippen LogP contribution in [-0.2, 0) is 23.4 Å². The normalized spacial score (nSPS) is 15.4. The van der Waals surface area contributed by atoms with Crippen LogP contribution in [0.2, 0.25) is 5.02 Å². The monoisotopic (exact) mass is 458 g/mol. The molecule has 2 aliphatic carbocycles. The van der Waals surface area contributed by atoms with E-state index < -0.39 is 0 Å². The summed E-state index contributed by atoms with van der Waals surface area (Å²) < 4.78 is 0. The van der Waals surface area contributed by atoms with Gasteiger partial charge in [0.2, 0.25) is 5.91 Å². The first kappa shape index (κ1) is 20.1. The summed E-state index contributed by atoms with van der Waals surface area (Å²) in [5.74, 6) is 2.43. The van der Waals surface area contributed by atoms with Gasteiger partial charge < -0.3 is 10.2 Å². The van der Waals surface area contributed by atoms with Crippen molar-refractivity contribution < 1.29 is 4.79 Å². The van der Waals surface area contributed by atoms with E-state index in [4.69, 9.17) is 21.6 Å². The van der Waals surface area contributed by atoms with Crippen LogP contribution in [0.25, 0.3) is 10.2 Å². The number of carbonyl (C=O) groups is 1. The second kappa shape index (κ2) is 8.36. The predicted octanol–water partition coefficient (Wildman–Crippen LogP) is 4.84. The van der Waals surface area contributed by atoms with E-state index in [-0.39, 0.29) is 5.91 Å². The fourth-order valence-corrected chi connectivity index (χ4v) is 5.98. The summed E-state index contributed by atoms with van der Waals surface area (Å²) >= 11 is 9.48. The maximum Gasteiger partial charge on any atom is 0.239 e. The third kappa shape index (κ3) is 4.29. The van der Waals surface area contributed by atoms with Gasteiger partial charge in [0.25, 0.3) is 0 Å². The summed E-state index contributed by atoms with van der Waals surface area (Å²) in [6.45, 7) is 0.316. The molecule has 0 unspecified atom stereocenters. The van der Waals surface area contributed by atoms with Gasteiger partial charge in [0.1, 0.15) is 16.5 Å². The van der Waals surface area contributed by atoms with Crippen molar-refractivity contribution in [1.29, 1.82) is 0 Å². The number of fused-ring (bicyclic) bond motifs is 3. The summed E-state index contributed by atoms with van der Waals surface area (Å²) in [5, 5.41) is 4.96. The van der Waals surface area contributed by atoms with Gasteiger partial charge in [-0.25, -0.2) is 9.97 Å². The molecule has 0 aliphatic heterocycles. The van der Waals surface area contributed by atoms with Crippen molar-refractivity contribution in [2.24, 2.45) is 0 Å². The molecule has 1 aromatic carbocycles. The number of aryl methyl sites for hydroxylation is 2. The molecule has 0 bridgehead atoms. The van der Waals surface area contributed by atoms with Crippen molar-refractivity contribution in [3.63, 3.8) is 0 Å². The molecule has 0 saturated heterocycles. The molecule has 0 spiro atoms. The van der Waals surface area contributed by atoms with Crippen molar-refractivity contribution >= 4 is 56.6 Å². The molecule has 1 amide bonds. The second-order valence-corrected chi connectivity index (χ2v) is 10.5. The molecule has 1 N–H and O–H groups in total. The number of benzene rings is 1. The number of halogens is 1. The first-order chi connectivity index (χ1) is 14.6. The molecule has 2 heterocycles. The van der Waals surface area contributed by atoms with Crippen molar-refractivity contribution in [2.75, 3.05) is 18.5 Å². The van der Waals surface area contributed by atoms with Crippen LogP contribution in [0.4, 0.5) is 5.82 Å². The molecule has 2 aromatic heterocycles. The maximum atomic E-state index is 12.4. The molecular formula is C22H23ClN4OS2. The van der Waals surface area contributed by atoms with E-state index in [9.17, 15) is 4.79 Å². The average Bonchev–Trinajstić information content (AvgIpc) is 3.29. The summed E-state index contributed by atoms with van der Waals surface area (Å²) in [6.07, 6.45) is 5.58. The predicted molar refractivity (Wildman–Crippen MR) is 125 cm³/mol. The van der Waals surface area contributed by atoms with Crippen LogP contribution in [0.1, 0.15) is 35.5 Å². The number of aromatic nitrogens is 2. The van der Waals surface area contributed by atoms with E-state index >= 15 is 0 Å². The van der Waals surface area contributed by atoms with Gasteiger partial charge in [-0.05, 0) is 61.9 Å². The molecule has 2 aliphatic rings. The van der Waals surface area contributed by atoms with Gasteiger partial charge >= 0.3 is 0 Å². The van der Waals surface area contributed by atoms with Crippen molar-refractivity contribution in [3.05, 3.63) is 45.6 Å². The highest BCUT2D eigenvalue weighted by Crippen LogP contribution is 2.40. The third-order valence-electron chi connectivity index (χ3n) is 5.46. The Morgan fingerprint density at radius 2 is 2.07 bits per heavy atom. The highest BCUT2D eigenvalue weighted by molar-refractivity contribution is 7.98. The molecule has 1 saturated carbocycles.